The third-order valence-electron chi connectivity index (χ3n) is 2.71. The Morgan fingerprint density at radius 3 is 2.74 bits per heavy atom. The fourth-order valence-corrected chi connectivity index (χ4v) is 2.64. The highest BCUT2D eigenvalue weighted by atomic mass is 32.1. The summed E-state index contributed by atoms with van der Waals surface area (Å²) in [5.41, 5.74) is 0.556. The van der Waals surface area contributed by atoms with Crippen molar-refractivity contribution in [3.63, 3.8) is 0 Å². The lowest BCUT2D eigenvalue weighted by molar-refractivity contribution is 0.0690. The van der Waals surface area contributed by atoms with E-state index in [4.69, 9.17) is 5.11 Å². The zero-order valence-corrected chi connectivity index (χ0v) is 11.3. The van der Waals surface area contributed by atoms with Crippen LogP contribution < -0.4 is 5.32 Å². The average Bonchev–Trinajstić information content (AvgIpc) is 2.70. The van der Waals surface area contributed by atoms with E-state index in [9.17, 15) is 9.18 Å². The molecule has 1 aromatic carbocycles. The topological polar surface area (TPSA) is 62.2 Å². The molecule has 0 spiro atoms. The van der Waals surface area contributed by atoms with E-state index < -0.39 is 5.97 Å². The van der Waals surface area contributed by atoms with Crippen LogP contribution in [0, 0.1) is 12.7 Å². The lowest BCUT2D eigenvalue weighted by Gasteiger charge is -2.13. The number of benzene rings is 1. The zero-order valence-electron chi connectivity index (χ0n) is 10.5. The van der Waals surface area contributed by atoms with Crippen LogP contribution in [-0.2, 0) is 0 Å². The summed E-state index contributed by atoms with van der Waals surface area (Å²) in [6.45, 7) is 3.50. The molecule has 0 saturated carbocycles. The highest BCUT2D eigenvalue weighted by Gasteiger charge is 2.16. The molecule has 0 amide bonds. The molecule has 2 rings (SSSR count). The van der Waals surface area contributed by atoms with Gasteiger partial charge in [-0.25, -0.2) is 14.2 Å². The standard InChI is InChI=1S/C13H13FN2O2S/c1-7(9-5-3-4-6-10(9)14)15-13-16-11(12(17)18)8(2)19-13/h3-7H,1-2H3,(H,15,16)(H,17,18). The molecular weight excluding hydrogens is 267 g/mol. The molecule has 19 heavy (non-hydrogen) atoms. The van der Waals surface area contributed by atoms with Gasteiger partial charge in [0.05, 0.1) is 6.04 Å². The Hall–Kier alpha value is -1.95. The van der Waals surface area contributed by atoms with Crippen molar-refractivity contribution in [3.8, 4) is 0 Å². The number of carboxylic acids is 1. The number of aryl methyl sites for hydroxylation is 1. The first-order valence-electron chi connectivity index (χ1n) is 5.70. The average molecular weight is 280 g/mol. The summed E-state index contributed by atoms with van der Waals surface area (Å²) >= 11 is 1.25. The van der Waals surface area contributed by atoms with Crippen molar-refractivity contribution >= 4 is 22.4 Å². The van der Waals surface area contributed by atoms with Gasteiger partial charge in [0.1, 0.15) is 5.82 Å². The van der Waals surface area contributed by atoms with Gasteiger partial charge in [0.25, 0.3) is 0 Å². The van der Waals surface area contributed by atoms with Crippen molar-refractivity contribution in [2.45, 2.75) is 19.9 Å². The molecule has 2 aromatic rings. The van der Waals surface area contributed by atoms with Gasteiger partial charge in [-0.1, -0.05) is 18.2 Å². The third-order valence-corrected chi connectivity index (χ3v) is 3.61. The van der Waals surface area contributed by atoms with Crippen molar-refractivity contribution < 1.29 is 14.3 Å². The van der Waals surface area contributed by atoms with Gasteiger partial charge >= 0.3 is 5.97 Å². The van der Waals surface area contributed by atoms with E-state index in [-0.39, 0.29) is 17.6 Å². The molecule has 0 aliphatic heterocycles. The lowest BCUT2D eigenvalue weighted by Crippen LogP contribution is -2.08. The van der Waals surface area contributed by atoms with Crippen LogP contribution in [-0.4, -0.2) is 16.1 Å². The monoisotopic (exact) mass is 280 g/mol. The summed E-state index contributed by atoms with van der Waals surface area (Å²) in [7, 11) is 0. The number of carboxylic acid groups (broad SMARTS) is 1. The highest BCUT2D eigenvalue weighted by Crippen LogP contribution is 2.27. The number of aromatic nitrogens is 1. The molecule has 1 aromatic heterocycles. The Kier molecular flexibility index (Phi) is 3.80. The van der Waals surface area contributed by atoms with Crippen LogP contribution in [0.3, 0.4) is 0 Å². The number of nitrogens with one attached hydrogen (secondary N) is 1. The van der Waals surface area contributed by atoms with Gasteiger partial charge in [0.15, 0.2) is 10.8 Å². The fourth-order valence-electron chi connectivity index (χ4n) is 1.75. The van der Waals surface area contributed by atoms with Gasteiger partial charge in [-0.2, -0.15) is 0 Å². The fraction of sp³-hybridized carbons (Fsp3) is 0.231. The molecule has 0 saturated heterocycles. The normalized spacial score (nSPS) is 12.2. The summed E-state index contributed by atoms with van der Waals surface area (Å²) in [6.07, 6.45) is 0. The number of anilines is 1. The minimum atomic E-state index is -1.06. The van der Waals surface area contributed by atoms with Crippen molar-refractivity contribution in [2.75, 3.05) is 5.32 Å². The Morgan fingerprint density at radius 1 is 1.47 bits per heavy atom. The predicted molar refractivity (Wildman–Crippen MR) is 72.2 cm³/mol. The molecule has 1 atom stereocenters. The maximum atomic E-state index is 13.6. The van der Waals surface area contributed by atoms with Crippen LogP contribution in [0.25, 0.3) is 0 Å². The van der Waals surface area contributed by atoms with Crippen molar-refractivity contribution in [1.82, 2.24) is 4.98 Å². The van der Waals surface area contributed by atoms with Crippen molar-refractivity contribution in [2.24, 2.45) is 0 Å². The lowest BCUT2D eigenvalue weighted by atomic mass is 10.1. The second-order valence-electron chi connectivity index (χ2n) is 4.12. The third kappa shape index (κ3) is 2.90. The van der Waals surface area contributed by atoms with Crippen LogP contribution in [0.2, 0.25) is 0 Å². The van der Waals surface area contributed by atoms with E-state index >= 15 is 0 Å². The molecule has 6 heteroatoms. The number of thiazole rings is 1. The molecule has 1 heterocycles. The second kappa shape index (κ2) is 5.36. The summed E-state index contributed by atoms with van der Waals surface area (Å²) in [6, 6.07) is 6.18. The Labute approximate surface area is 113 Å². The predicted octanol–water partition coefficient (Wildman–Crippen LogP) is 3.46. The van der Waals surface area contributed by atoms with E-state index in [0.29, 0.717) is 15.6 Å². The van der Waals surface area contributed by atoms with Gasteiger partial charge in [-0.3, -0.25) is 0 Å². The summed E-state index contributed by atoms with van der Waals surface area (Å²) in [4.78, 5) is 15.5. The summed E-state index contributed by atoms with van der Waals surface area (Å²) in [5.74, 6) is -1.35. The van der Waals surface area contributed by atoms with Crippen LogP contribution in [0.4, 0.5) is 9.52 Å². The first-order chi connectivity index (χ1) is 8.99. The number of hydrogen-bond donors (Lipinski definition) is 2. The first kappa shape index (κ1) is 13.5. The molecular formula is C13H13FN2O2S. The molecule has 0 bridgehead atoms. The molecule has 0 aliphatic carbocycles. The summed E-state index contributed by atoms with van der Waals surface area (Å²) < 4.78 is 13.6. The smallest absolute Gasteiger partial charge is 0.355 e. The quantitative estimate of drug-likeness (QED) is 0.900. The second-order valence-corrected chi connectivity index (χ2v) is 5.32. The molecule has 0 aliphatic rings. The van der Waals surface area contributed by atoms with Crippen LogP contribution in [0.5, 0.6) is 0 Å². The largest absolute Gasteiger partial charge is 0.476 e. The Morgan fingerprint density at radius 2 is 2.16 bits per heavy atom. The van der Waals surface area contributed by atoms with Gasteiger partial charge in [0.2, 0.25) is 0 Å². The molecule has 2 N–H and O–H groups in total. The van der Waals surface area contributed by atoms with E-state index in [1.165, 1.54) is 17.4 Å². The maximum Gasteiger partial charge on any atom is 0.355 e. The maximum absolute atomic E-state index is 13.6. The SMILES string of the molecule is Cc1sc(NC(C)c2ccccc2F)nc1C(=O)O. The molecule has 4 nitrogen and oxygen atoms in total. The van der Waals surface area contributed by atoms with Gasteiger partial charge in [-0.15, -0.1) is 11.3 Å². The van der Waals surface area contributed by atoms with E-state index in [1.807, 2.05) is 0 Å². The Balaban J connectivity index is 2.20. The van der Waals surface area contributed by atoms with E-state index in [2.05, 4.69) is 10.3 Å². The highest BCUT2D eigenvalue weighted by molar-refractivity contribution is 7.15. The Bertz CT molecular complexity index is 612. The number of nitrogens with zero attached hydrogens (tertiary/aromatic N) is 1. The van der Waals surface area contributed by atoms with Crippen LogP contribution in [0.1, 0.15) is 33.9 Å². The summed E-state index contributed by atoms with van der Waals surface area (Å²) in [5, 5.41) is 12.4. The molecule has 0 radical (unpaired) electrons. The van der Waals surface area contributed by atoms with Gasteiger partial charge < -0.3 is 10.4 Å². The van der Waals surface area contributed by atoms with Gasteiger partial charge in [-0.05, 0) is 19.9 Å². The van der Waals surface area contributed by atoms with E-state index in [0.717, 1.165) is 0 Å². The van der Waals surface area contributed by atoms with E-state index in [1.54, 1.807) is 32.0 Å². The number of halogens is 1. The minimum Gasteiger partial charge on any atom is -0.476 e. The zero-order chi connectivity index (χ0) is 14.0. The van der Waals surface area contributed by atoms with Crippen LogP contribution in [0.15, 0.2) is 24.3 Å². The number of aromatic carboxylic acids is 1. The van der Waals surface area contributed by atoms with Crippen molar-refractivity contribution in [3.05, 3.63) is 46.2 Å². The first-order valence-corrected chi connectivity index (χ1v) is 6.52. The molecule has 100 valence electrons. The van der Waals surface area contributed by atoms with Crippen molar-refractivity contribution in [1.29, 1.82) is 0 Å². The number of rotatable bonds is 4. The number of hydrogen-bond acceptors (Lipinski definition) is 4. The molecule has 1 unspecified atom stereocenters. The molecule has 0 fully saturated rings. The number of carbonyl (C=O) groups is 1. The minimum absolute atomic E-state index is 0.0354. The van der Waals surface area contributed by atoms with Gasteiger partial charge in [0, 0.05) is 10.4 Å². The van der Waals surface area contributed by atoms with Crippen LogP contribution >= 0.6 is 11.3 Å².